The Balaban J connectivity index is 2.37. The first-order valence-electron chi connectivity index (χ1n) is 8.97. The number of amides is 1. The van der Waals surface area contributed by atoms with Crippen LogP contribution in [0.3, 0.4) is 0 Å². The van der Waals surface area contributed by atoms with E-state index < -0.39 is 27.7 Å². The smallest absolute Gasteiger partial charge is 0.416 e. The standard InChI is InChI=1S/C20H23F3N2O4S/c1-13(2)24-30(27,28)18-11-14(9-10-17(18)29-4)19(26)25(3)12-15-7-5-6-8-16(15)20(21,22)23/h5-11,13,24H,12H2,1-4H3. The number of sulfonamides is 1. The van der Waals surface area contributed by atoms with E-state index in [4.69, 9.17) is 4.74 Å². The normalized spacial score (nSPS) is 12.1. The molecule has 10 heteroatoms. The Kier molecular flexibility index (Phi) is 7.14. The summed E-state index contributed by atoms with van der Waals surface area (Å²) in [4.78, 5) is 13.7. The lowest BCUT2D eigenvalue weighted by molar-refractivity contribution is -0.138. The van der Waals surface area contributed by atoms with Gasteiger partial charge in [0, 0.05) is 25.2 Å². The highest BCUT2D eigenvalue weighted by Gasteiger charge is 2.33. The molecule has 164 valence electrons. The molecule has 0 radical (unpaired) electrons. The predicted molar refractivity (Wildman–Crippen MR) is 106 cm³/mol. The Bertz CT molecular complexity index is 1020. The quantitative estimate of drug-likeness (QED) is 0.707. The molecule has 0 aliphatic carbocycles. The summed E-state index contributed by atoms with van der Waals surface area (Å²) in [5, 5.41) is 0. The molecule has 2 rings (SSSR count). The maximum atomic E-state index is 13.2. The van der Waals surface area contributed by atoms with Gasteiger partial charge in [-0.2, -0.15) is 13.2 Å². The maximum absolute atomic E-state index is 13.2. The zero-order chi connectivity index (χ0) is 22.7. The predicted octanol–water partition coefficient (Wildman–Crippen LogP) is 3.67. The molecule has 0 saturated carbocycles. The molecule has 30 heavy (non-hydrogen) atoms. The second-order valence-corrected chi connectivity index (χ2v) is 8.64. The van der Waals surface area contributed by atoms with E-state index in [1.54, 1.807) is 13.8 Å². The number of rotatable bonds is 7. The van der Waals surface area contributed by atoms with Gasteiger partial charge in [0.05, 0.1) is 12.7 Å². The van der Waals surface area contributed by atoms with Crippen LogP contribution in [0.1, 0.15) is 35.3 Å². The summed E-state index contributed by atoms with van der Waals surface area (Å²) >= 11 is 0. The number of carbonyl (C=O) groups excluding carboxylic acids is 1. The minimum absolute atomic E-state index is 0.00641. The molecule has 0 bridgehead atoms. The second kappa shape index (κ2) is 9.05. The number of halogens is 3. The molecule has 0 fully saturated rings. The van der Waals surface area contributed by atoms with Crippen LogP contribution in [0, 0.1) is 0 Å². The minimum Gasteiger partial charge on any atom is -0.495 e. The number of hydrogen-bond acceptors (Lipinski definition) is 4. The van der Waals surface area contributed by atoms with E-state index in [1.165, 1.54) is 44.5 Å². The molecule has 2 aromatic rings. The number of hydrogen-bond donors (Lipinski definition) is 1. The van der Waals surface area contributed by atoms with Gasteiger partial charge < -0.3 is 9.64 Å². The Morgan fingerprint density at radius 3 is 2.37 bits per heavy atom. The molecule has 0 saturated heterocycles. The van der Waals surface area contributed by atoms with Gasteiger partial charge in [-0.1, -0.05) is 18.2 Å². The number of nitrogens with one attached hydrogen (secondary N) is 1. The zero-order valence-electron chi connectivity index (χ0n) is 16.9. The molecule has 0 unspecified atom stereocenters. The number of ether oxygens (including phenoxy) is 1. The van der Waals surface area contributed by atoms with Gasteiger partial charge in [0.2, 0.25) is 10.0 Å². The van der Waals surface area contributed by atoms with Gasteiger partial charge in [-0.3, -0.25) is 4.79 Å². The molecule has 1 N–H and O–H groups in total. The van der Waals surface area contributed by atoms with E-state index in [-0.39, 0.29) is 34.4 Å². The fraction of sp³-hybridized carbons (Fsp3) is 0.350. The molecule has 1 amide bonds. The third kappa shape index (κ3) is 5.51. The van der Waals surface area contributed by atoms with Crippen LogP contribution in [-0.4, -0.2) is 39.4 Å². The van der Waals surface area contributed by atoms with Crippen LogP contribution < -0.4 is 9.46 Å². The fourth-order valence-electron chi connectivity index (χ4n) is 2.88. The van der Waals surface area contributed by atoms with Gasteiger partial charge in [-0.05, 0) is 43.7 Å². The lowest BCUT2D eigenvalue weighted by Crippen LogP contribution is -2.31. The first-order chi connectivity index (χ1) is 13.9. The van der Waals surface area contributed by atoms with Crippen LogP contribution in [0.5, 0.6) is 5.75 Å². The number of nitrogens with zero attached hydrogens (tertiary/aromatic N) is 1. The van der Waals surface area contributed by atoms with Gasteiger partial charge in [-0.25, -0.2) is 13.1 Å². The molecule has 0 aromatic heterocycles. The third-order valence-electron chi connectivity index (χ3n) is 4.17. The average molecular weight is 444 g/mol. The van der Waals surface area contributed by atoms with E-state index in [2.05, 4.69) is 4.72 Å². The third-order valence-corrected chi connectivity index (χ3v) is 5.85. The Morgan fingerprint density at radius 2 is 1.80 bits per heavy atom. The number of benzene rings is 2. The maximum Gasteiger partial charge on any atom is 0.416 e. The number of alkyl halides is 3. The van der Waals surface area contributed by atoms with Crippen molar-refractivity contribution in [3.63, 3.8) is 0 Å². The summed E-state index contributed by atoms with van der Waals surface area (Å²) < 4.78 is 72.3. The largest absolute Gasteiger partial charge is 0.495 e. The summed E-state index contributed by atoms with van der Waals surface area (Å²) in [6.07, 6.45) is -4.55. The van der Waals surface area contributed by atoms with Crippen molar-refractivity contribution in [3.8, 4) is 5.75 Å². The highest BCUT2D eigenvalue weighted by Crippen LogP contribution is 2.32. The van der Waals surface area contributed by atoms with Gasteiger partial charge in [-0.15, -0.1) is 0 Å². The van der Waals surface area contributed by atoms with Crippen LogP contribution in [-0.2, 0) is 22.7 Å². The van der Waals surface area contributed by atoms with Gasteiger partial charge in [0.1, 0.15) is 10.6 Å². The van der Waals surface area contributed by atoms with Crippen molar-refractivity contribution in [2.45, 2.75) is 37.5 Å². The lowest BCUT2D eigenvalue weighted by Gasteiger charge is -2.21. The summed E-state index contributed by atoms with van der Waals surface area (Å²) in [6.45, 7) is 2.99. The molecule has 6 nitrogen and oxygen atoms in total. The molecule has 0 aliphatic rings. The number of methoxy groups -OCH3 is 1. The number of carbonyl (C=O) groups is 1. The van der Waals surface area contributed by atoms with Crippen molar-refractivity contribution in [3.05, 3.63) is 59.2 Å². The Hall–Kier alpha value is -2.59. The van der Waals surface area contributed by atoms with Gasteiger partial charge in [0.25, 0.3) is 5.91 Å². The Labute approximate surface area is 173 Å². The first kappa shape index (κ1) is 23.7. The van der Waals surface area contributed by atoms with Crippen LogP contribution in [0.4, 0.5) is 13.2 Å². The van der Waals surface area contributed by atoms with Crippen LogP contribution >= 0.6 is 0 Å². The van der Waals surface area contributed by atoms with Crippen molar-refractivity contribution >= 4 is 15.9 Å². The molecular formula is C20H23F3N2O4S. The van der Waals surface area contributed by atoms with Crippen LogP contribution in [0.15, 0.2) is 47.4 Å². The van der Waals surface area contributed by atoms with E-state index in [0.29, 0.717) is 0 Å². The van der Waals surface area contributed by atoms with E-state index in [1.807, 2.05) is 0 Å². The van der Waals surface area contributed by atoms with Crippen molar-refractivity contribution in [2.24, 2.45) is 0 Å². The molecular weight excluding hydrogens is 421 g/mol. The fourth-order valence-corrected chi connectivity index (χ4v) is 4.32. The van der Waals surface area contributed by atoms with E-state index >= 15 is 0 Å². The monoisotopic (exact) mass is 444 g/mol. The van der Waals surface area contributed by atoms with Crippen LogP contribution in [0.25, 0.3) is 0 Å². The molecule has 0 spiro atoms. The highest BCUT2D eigenvalue weighted by atomic mass is 32.2. The first-order valence-corrected chi connectivity index (χ1v) is 10.5. The minimum atomic E-state index is -4.55. The summed E-state index contributed by atoms with van der Waals surface area (Å²) in [5.74, 6) is -0.583. The van der Waals surface area contributed by atoms with Crippen molar-refractivity contribution < 1.29 is 31.1 Å². The van der Waals surface area contributed by atoms with E-state index in [0.717, 1.165) is 17.0 Å². The molecule has 2 aromatic carbocycles. The van der Waals surface area contributed by atoms with Crippen molar-refractivity contribution in [1.82, 2.24) is 9.62 Å². The van der Waals surface area contributed by atoms with Crippen molar-refractivity contribution in [1.29, 1.82) is 0 Å². The summed E-state index contributed by atoms with van der Waals surface area (Å²) in [6, 6.07) is 8.43. The van der Waals surface area contributed by atoms with Gasteiger partial charge >= 0.3 is 6.18 Å². The molecule has 0 heterocycles. The van der Waals surface area contributed by atoms with Crippen molar-refractivity contribution in [2.75, 3.05) is 14.2 Å². The second-order valence-electron chi connectivity index (χ2n) is 6.96. The van der Waals surface area contributed by atoms with E-state index in [9.17, 15) is 26.4 Å². The zero-order valence-corrected chi connectivity index (χ0v) is 17.8. The Morgan fingerprint density at radius 1 is 1.17 bits per heavy atom. The summed E-state index contributed by atoms with van der Waals surface area (Å²) in [5.41, 5.74) is -0.889. The lowest BCUT2D eigenvalue weighted by atomic mass is 10.1. The highest BCUT2D eigenvalue weighted by molar-refractivity contribution is 7.89. The molecule has 0 aliphatic heterocycles. The average Bonchev–Trinajstić information content (AvgIpc) is 2.65. The molecule has 0 atom stereocenters. The van der Waals surface area contributed by atoms with Gasteiger partial charge in [0.15, 0.2) is 0 Å². The topological polar surface area (TPSA) is 75.7 Å². The van der Waals surface area contributed by atoms with Crippen LogP contribution in [0.2, 0.25) is 0 Å². The summed E-state index contributed by atoms with van der Waals surface area (Å²) in [7, 11) is -1.32. The SMILES string of the molecule is COc1ccc(C(=O)N(C)Cc2ccccc2C(F)(F)F)cc1S(=O)(=O)NC(C)C.